The summed E-state index contributed by atoms with van der Waals surface area (Å²) >= 11 is 0. The summed E-state index contributed by atoms with van der Waals surface area (Å²) in [5, 5.41) is 0. The number of aromatic amines is 2. The van der Waals surface area contributed by atoms with E-state index in [-0.39, 0.29) is 61.7 Å². The molecule has 2 amide bonds. The van der Waals surface area contributed by atoms with Gasteiger partial charge in [-0.05, 0) is 34.7 Å². The van der Waals surface area contributed by atoms with Crippen LogP contribution < -0.4 is 11.1 Å². The van der Waals surface area contributed by atoms with Gasteiger partial charge in [-0.3, -0.25) is 9.59 Å². The van der Waals surface area contributed by atoms with E-state index in [4.69, 9.17) is 11.5 Å². The number of imidazole rings is 2. The summed E-state index contributed by atoms with van der Waals surface area (Å²) < 4.78 is 7.56. The van der Waals surface area contributed by atoms with Crippen molar-refractivity contribution in [1.29, 1.82) is 0 Å². The molecule has 43 heavy (non-hydrogen) atoms. The third kappa shape index (κ3) is 15.4. The number of carbonyl (C=O) groups is 2. The van der Waals surface area contributed by atoms with Crippen molar-refractivity contribution in [2.45, 2.75) is 7.43 Å². The topological polar surface area (TPSA) is 192 Å². The van der Waals surface area contributed by atoms with Crippen molar-refractivity contribution in [2.75, 3.05) is 14.2 Å². The van der Waals surface area contributed by atoms with Gasteiger partial charge in [0.1, 0.15) is 5.69 Å². The molecule has 0 bridgehead atoms. The van der Waals surface area contributed by atoms with E-state index in [1.807, 2.05) is 60.6 Å². The number of hydrogen-bond donors (Lipinski definition) is 2. The predicted molar refractivity (Wildman–Crippen MR) is 161 cm³/mol. The Balaban J connectivity index is 0. The molecule has 0 saturated carbocycles. The normalized spacial score (nSPS) is 9.26. The number of nitrogens with zero attached hydrogens (tertiary/aromatic N) is 2. The van der Waals surface area contributed by atoms with Crippen LogP contribution in [0.15, 0.2) is 60.9 Å². The van der Waals surface area contributed by atoms with Crippen molar-refractivity contribution in [3.05, 3.63) is 83.6 Å². The molecule has 12 nitrogen and oxygen atoms in total. The van der Waals surface area contributed by atoms with E-state index < -0.39 is 12.2 Å². The molecule has 2 aromatic heterocycles. The Kier molecular flexibility index (Phi) is 22.0. The first kappa shape index (κ1) is 41.5. The van der Waals surface area contributed by atoms with E-state index >= 15 is 0 Å². The molecule has 4 rings (SSSR count). The zero-order chi connectivity index (χ0) is 29.3. The molecule has 2 atom stereocenters. The molecule has 4 N–H and O–H groups in total. The quantitative estimate of drug-likeness (QED) is 0.163. The van der Waals surface area contributed by atoms with Gasteiger partial charge in [0.05, 0.1) is 43.4 Å². The Morgan fingerprint density at radius 3 is 1.63 bits per heavy atom. The van der Waals surface area contributed by atoms with Gasteiger partial charge < -0.3 is 40.5 Å². The molecule has 0 saturated heterocycles. The molecule has 2 heterocycles. The minimum atomic E-state index is -0.995. The molecular weight excluding hydrogens is 668 g/mol. The van der Waals surface area contributed by atoms with E-state index in [0.29, 0.717) is 16.8 Å². The third-order valence-corrected chi connectivity index (χ3v) is 5.80. The van der Waals surface area contributed by atoms with Crippen LogP contribution in [0, 0.1) is 11.8 Å². The molecule has 2 unspecified atom stereocenters. The van der Waals surface area contributed by atoms with Crippen LogP contribution in [0.3, 0.4) is 0 Å². The number of ether oxygens (including phenoxy) is 2. The standard InChI is InChI=1S/C22H14N4O2P2.2C2H5NO2.CH4.2V/c27-13-29-21-23-11-19(25-21)10-3-15-1-4-16(5-2-15)17-6-8-18(9-7-17)20-12-24-22(26-20)30-14-28;2*1-5-2(3)4;;;/h1-2,4-9,11-12,29-30H,(H,23,25)(H,24,26);2*1H3,(H2,3,4);1H4;;/q-2;;;;2*+2/p-2. The Hall–Kier alpha value is -3.67. The smallest absolute Gasteiger partial charge is 0.632 e. The number of benzene rings is 2. The Morgan fingerprint density at radius 2 is 1.16 bits per heavy atom. The van der Waals surface area contributed by atoms with Crippen LogP contribution in [-0.4, -0.2) is 58.4 Å². The van der Waals surface area contributed by atoms with Crippen molar-refractivity contribution in [3.63, 3.8) is 0 Å². The van der Waals surface area contributed by atoms with Crippen LogP contribution in [0.25, 0.3) is 33.9 Å². The first-order valence-corrected chi connectivity index (χ1v) is 13.0. The fourth-order valence-electron chi connectivity index (χ4n) is 2.80. The average molecular weight is 694 g/mol. The molecular formula is C27H26N6O6P2V2. The second-order valence-corrected chi connectivity index (χ2v) is 8.99. The number of amides is 2. The maximum absolute atomic E-state index is 10.5. The van der Waals surface area contributed by atoms with E-state index in [1.54, 1.807) is 12.4 Å². The number of H-pyrrole nitrogens is 2. The van der Waals surface area contributed by atoms with Crippen molar-refractivity contribution < 1.29 is 65.8 Å². The summed E-state index contributed by atoms with van der Waals surface area (Å²) in [4.78, 5) is 53.8. The van der Waals surface area contributed by atoms with Gasteiger partial charge in [0, 0.05) is 5.56 Å². The van der Waals surface area contributed by atoms with Crippen LogP contribution in [0.4, 0.5) is 9.59 Å². The summed E-state index contributed by atoms with van der Waals surface area (Å²) in [5.41, 5.74) is 18.7. The van der Waals surface area contributed by atoms with E-state index in [2.05, 4.69) is 41.3 Å². The second kappa shape index (κ2) is 22.9. The third-order valence-electron chi connectivity index (χ3n) is 4.62. The number of aromatic nitrogens is 4. The van der Waals surface area contributed by atoms with Gasteiger partial charge in [0.2, 0.25) is 12.2 Å². The van der Waals surface area contributed by atoms with Gasteiger partial charge in [-0.1, -0.05) is 49.7 Å². The number of methoxy groups -OCH3 is 2. The fraction of sp³-hybridized carbons (Fsp3) is 0.111. The fourth-order valence-corrected chi connectivity index (χ4v) is 3.65. The molecule has 0 fully saturated rings. The maximum atomic E-state index is 10.5. The van der Waals surface area contributed by atoms with Crippen molar-refractivity contribution in [3.8, 4) is 34.2 Å². The Labute approximate surface area is 276 Å². The first-order chi connectivity index (χ1) is 19.3. The molecule has 0 aliphatic heterocycles. The van der Waals surface area contributed by atoms with E-state index in [0.717, 1.165) is 42.2 Å². The van der Waals surface area contributed by atoms with E-state index in [1.165, 1.54) is 0 Å². The molecule has 2 radical (unpaired) electrons. The van der Waals surface area contributed by atoms with E-state index in [9.17, 15) is 19.2 Å². The summed E-state index contributed by atoms with van der Waals surface area (Å²) in [6, 6.07) is 19.8. The Morgan fingerprint density at radius 1 is 0.744 bits per heavy atom. The Bertz CT molecular complexity index is 1470. The number of hydrogen-bond acceptors (Lipinski definition) is 8. The summed E-state index contributed by atoms with van der Waals surface area (Å²) in [7, 11) is 2.13. The van der Waals surface area contributed by atoms with Gasteiger partial charge in [-0.2, -0.15) is 17.2 Å². The molecule has 0 spiro atoms. The number of carbonyl (C=O) groups excluding carboxylic acids is 4. The molecule has 0 aliphatic carbocycles. The minimum Gasteiger partial charge on any atom is -0.632 e. The predicted octanol–water partition coefficient (Wildman–Crippen LogP) is 4.85. The summed E-state index contributed by atoms with van der Waals surface area (Å²) in [6.45, 7) is 0. The van der Waals surface area contributed by atoms with Gasteiger partial charge in [-0.25, -0.2) is 22.0 Å². The van der Waals surface area contributed by atoms with Crippen molar-refractivity contribution in [1.82, 2.24) is 19.9 Å². The summed E-state index contributed by atoms with van der Waals surface area (Å²) in [6.07, 6.45) is 1.35. The SMILES string of the molecule is C.COC([NH-])=O.COC([NH-])=O.O=[C-]Pc1ncc(C#Cc2ccc(-c3ccc(-c4cnc(P[C-]=O)[nH]4)cc3)cc2)[nH]1.[V+2].[V+2]. The first-order valence-electron chi connectivity index (χ1n) is 11.0. The molecule has 220 valence electrons. The number of nitrogens with one attached hydrogen (secondary N) is 4. The van der Waals surface area contributed by atoms with Crippen LogP contribution >= 0.6 is 17.2 Å². The van der Waals surface area contributed by atoms with Crippen molar-refractivity contribution in [2.24, 2.45) is 0 Å². The summed E-state index contributed by atoms with van der Waals surface area (Å²) in [5.74, 6) is 6.09. The van der Waals surface area contributed by atoms with Crippen LogP contribution in [0.1, 0.15) is 18.7 Å². The minimum absolute atomic E-state index is 0. The largest absolute Gasteiger partial charge is 2.00 e. The average Bonchev–Trinajstić information content (AvgIpc) is 3.63. The van der Waals surface area contributed by atoms with Crippen LogP contribution in [-0.2, 0) is 56.2 Å². The second-order valence-electron chi connectivity index (χ2n) is 7.13. The van der Waals surface area contributed by atoms with Gasteiger partial charge >= 0.3 is 37.1 Å². The monoisotopic (exact) mass is 694 g/mol. The van der Waals surface area contributed by atoms with Crippen LogP contribution in [0.2, 0.25) is 0 Å². The maximum Gasteiger partial charge on any atom is 2.00 e. The van der Waals surface area contributed by atoms with Gasteiger partial charge in [0.15, 0.2) is 0 Å². The molecule has 0 aliphatic rings. The zero-order valence-electron chi connectivity index (χ0n) is 22.0. The molecule has 2 aromatic carbocycles. The van der Waals surface area contributed by atoms with Crippen molar-refractivity contribution >= 4 is 52.5 Å². The number of rotatable bonds is 6. The molecule has 4 aromatic rings. The molecule has 16 heteroatoms. The van der Waals surface area contributed by atoms with Gasteiger partial charge in [0.25, 0.3) is 0 Å². The zero-order valence-corrected chi connectivity index (χ0v) is 26.8. The van der Waals surface area contributed by atoms with Crippen LogP contribution in [0.5, 0.6) is 0 Å². The van der Waals surface area contributed by atoms with Gasteiger partial charge in [-0.15, -0.1) is 0 Å².